The van der Waals surface area contributed by atoms with Crippen LogP contribution in [0.1, 0.15) is 32.1 Å². The molecule has 0 aromatic heterocycles. The lowest BCUT2D eigenvalue weighted by molar-refractivity contribution is 0.144. The zero-order valence-electron chi connectivity index (χ0n) is 10.3. The first kappa shape index (κ1) is 11.0. The molecular formula is C13H24N2O. The zero-order chi connectivity index (χ0) is 11.0. The van der Waals surface area contributed by atoms with Crippen molar-refractivity contribution in [1.82, 2.24) is 10.2 Å². The number of nitrogens with zero attached hydrogens (tertiary/aromatic N) is 1. The van der Waals surface area contributed by atoms with Crippen LogP contribution in [0.2, 0.25) is 0 Å². The molecule has 0 saturated carbocycles. The third-order valence-corrected chi connectivity index (χ3v) is 4.82. The van der Waals surface area contributed by atoms with Gasteiger partial charge in [0.1, 0.15) is 0 Å². The summed E-state index contributed by atoms with van der Waals surface area (Å²) in [6.45, 7) is 3.13. The van der Waals surface area contributed by atoms with E-state index in [-0.39, 0.29) is 0 Å². The lowest BCUT2D eigenvalue weighted by atomic mass is 9.97. The molecule has 0 aromatic carbocycles. The van der Waals surface area contributed by atoms with Crippen LogP contribution in [0.5, 0.6) is 0 Å². The van der Waals surface area contributed by atoms with Crippen molar-refractivity contribution in [2.45, 2.75) is 50.2 Å². The largest absolute Gasteiger partial charge is 0.381 e. The number of piperidine rings is 1. The highest BCUT2D eigenvalue weighted by Gasteiger charge is 2.38. The fourth-order valence-corrected chi connectivity index (χ4v) is 3.66. The molecule has 3 heterocycles. The van der Waals surface area contributed by atoms with Gasteiger partial charge in [-0.25, -0.2) is 0 Å². The topological polar surface area (TPSA) is 24.5 Å². The molecule has 1 N–H and O–H groups in total. The van der Waals surface area contributed by atoms with E-state index in [0.717, 1.165) is 37.3 Å². The number of rotatable bonds is 3. The van der Waals surface area contributed by atoms with Crippen molar-refractivity contribution >= 4 is 0 Å². The molecule has 3 nitrogen and oxygen atoms in total. The van der Waals surface area contributed by atoms with Crippen LogP contribution in [0.3, 0.4) is 0 Å². The minimum absolute atomic E-state index is 0.772. The van der Waals surface area contributed by atoms with Gasteiger partial charge in [0.05, 0.1) is 6.61 Å². The molecule has 0 aliphatic carbocycles. The summed E-state index contributed by atoms with van der Waals surface area (Å²) in [5.74, 6) is 0.775. The summed E-state index contributed by atoms with van der Waals surface area (Å²) in [4.78, 5) is 2.61. The van der Waals surface area contributed by atoms with Gasteiger partial charge >= 0.3 is 0 Å². The van der Waals surface area contributed by atoms with Crippen molar-refractivity contribution in [2.24, 2.45) is 5.92 Å². The quantitative estimate of drug-likeness (QED) is 0.780. The van der Waals surface area contributed by atoms with Crippen LogP contribution in [0.25, 0.3) is 0 Å². The monoisotopic (exact) mass is 224 g/mol. The number of fused-ring (bicyclic) bond motifs is 2. The molecule has 92 valence electrons. The van der Waals surface area contributed by atoms with Crippen LogP contribution in [0.4, 0.5) is 0 Å². The van der Waals surface area contributed by atoms with Gasteiger partial charge in [0, 0.05) is 31.3 Å². The maximum absolute atomic E-state index is 5.42. The first-order valence-corrected chi connectivity index (χ1v) is 6.86. The molecule has 2 bridgehead atoms. The van der Waals surface area contributed by atoms with E-state index >= 15 is 0 Å². The highest BCUT2D eigenvalue weighted by atomic mass is 16.5. The van der Waals surface area contributed by atoms with Crippen molar-refractivity contribution in [1.29, 1.82) is 0 Å². The minimum atomic E-state index is 0.772. The van der Waals surface area contributed by atoms with E-state index in [1.807, 2.05) is 0 Å². The molecule has 3 fully saturated rings. The Kier molecular flexibility index (Phi) is 3.18. The van der Waals surface area contributed by atoms with Crippen molar-refractivity contribution in [3.8, 4) is 0 Å². The van der Waals surface area contributed by atoms with Crippen LogP contribution in [-0.2, 0) is 4.74 Å². The lowest BCUT2D eigenvalue weighted by Gasteiger charge is -2.37. The summed E-state index contributed by atoms with van der Waals surface area (Å²) in [5.41, 5.74) is 0. The Morgan fingerprint density at radius 2 is 1.94 bits per heavy atom. The van der Waals surface area contributed by atoms with Gasteiger partial charge in [0.25, 0.3) is 0 Å². The van der Waals surface area contributed by atoms with E-state index in [0.29, 0.717) is 0 Å². The molecule has 16 heavy (non-hydrogen) atoms. The van der Waals surface area contributed by atoms with Crippen molar-refractivity contribution in [3.05, 3.63) is 0 Å². The highest BCUT2D eigenvalue weighted by Crippen LogP contribution is 2.34. The first-order valence-electron chi connectivity index (χ1n) is 6.86. The second-order valence-electron chi connectivity index (χ2n) is 5.86. The molecule has 3 saturated heterocycles. The van der Waals surface area contributed by atoms with E-state index in [1.54, 1.807) is 0 Å². The molecule has 3 heteroatoms. The maximum Gasteiger partial charge on any atom is 0.0507 e. The number of hydrogen-bond donors (Lipinski definition) is 1. The van der Waals surface area contributed by atoms with Crippen molar-refractivity contribution < 1.29 is 4.74 Å². The fourth-order valence-electron chi connectivity index (χ4n) is 3.66. The van der Waals surface area contributed by atoms with Gasteiger partial charge in [0.2, 0.25) is 0 Å². The predicted octanol–water partition coefficient (Wildman–Crippen LogP) is 1.24. The Hall–Kier alpha value is -0.120. The van der Waals surface area contributed by atoms with Gasteiger partial charge in [-0.3, -0.25) is 0 Å². The van der Waals surface area contributed by atoms with Gasteiger partial charge in [-0.1, -0.05) is 0 Å². The molecule has 3 unspecified atom stereocenters. The Morgan fingerprint density at radius 3 is 2.56 bits per heavy atom. The fraction of sp³-hybridized carbons (Fsp3) is 1.00. The summed E-state index contributed by atoms with van der Waals surface area (Å²) in [6, 6.07) is 2.49. The van der Waals surface area contributed by atoms with Gasteiger partial charge in [-0.05, 0) is 45.1 Å². The molecule has 0 aromatic rings. The van der Waals surface area contributed by atoms with Gasteiger partial charge < -0.3 is 15.0 Å². The Morgan fingerprint density at radius 1 is 1.19 bits per heavy atom. The highest BCUT2D eigenvalue weighted by molar-refractivity contribution is 4.96. The maximum atomic E-state index is 5.42. The summed E-state index contributed by atoms with van der Waals surface area (Å²) >= 11 is 0. The van der Waals surface area contributed by atoms with E-state index in [1.165, 1.54) is 38.6 Å². The van der Waals surface area contributed by atoms with E-state index < -0.39 is 0 Å². The number of hydrogen-bond acceptors (Lipinski definition) is 3. The molecule has 3 aliphatic rings. The molecule has 3 aliphatic heterocycles. The summed E-state index contributed by atoms with van der Waals surface area (Å²) in [6.07, 6.45) is 6.82. The number of nitrogens with one attached hydrogen (secondary N) is 1. The standard InChI is InChI=1S/C13H24N2O/c1-15-12-2-3-13(15)7-11(6-12)14-8-10-4-5-16-9-10/h10-14H,2-9H2,1H3. The van der Waals surface area contributed by atoms with E-state index in [2.05, 4.69) is 17.3 Å². The van der Waals surface area contributed by atoms with Crippen LogP contribution in [0.15, 0.2) is 0 Å². The van der Waals surface area contributed by atoms with Crippen molar-refractivity contribution in [2.75, 3.05) is 26.8 Å². The Bertz CT molecular complexity index is 226. The van der Waals surface area contributed by atoms with Gasteiger partial charge in [-0.2, -0.15) is 0 Å². The summed E-state index contributed by atoms with van der Waals surface area (Å²) < 4.78 is 5.42. The predicted molar refractivity (Wildman–Crippen MR) is 64.5 cm³/mol. The molecule has 3 atom stereocenters. The third-order valence-electron chi connectivity index (χ3n) is 4.82. The Labute approximate surface area is 98.5 Å². The third kappa shape index (κ3) is 2.13. The minimum Gasteiger partial charge on any atom is -0.381 e. The number of ether oxygens (including phenoxy) is 1. The molecule has 0 radical (unpaired) electrons. The SMILES string of the molecule is CN1C2CCC1CC(NCC1CCOC1)C2. The molecule has 3 rings (SSSR count). The average molecular weight is 224 g/mol. The Balaban J connectivity index is 1.46. The normalized spacial score (nSPS) is 44.1. The second-order valence-corrected chi connectivity index (χ2v) is 5.86. The summed E-state index contributed by atoms with van der Waals surface area (Å²) in [7, 11) is 2.31. The van der Waals surface area contributed by atoms with Crippen LogP contribution in [0, 0.1) is 5.92 Å². The summed E-state index contributed by atoms with van der Waals surface area (Å²) in [5, 5.41) is 3.78. The molecule has 0 spiro atoms. The molecular weight excluding hydrogens is 200 g/mol. The second kappa shape index (κ2) is 4.63. The van der Waals surface area contributed by atoms with Crippen LogP contribution >= 0.6 is 0 Å². The lowest BCUT2D eigenvalue weighted by Crippen LogP contribution is -2.48. The smallest absolute Gasteiger partial charge is 0.0507 e. The zero-order valence-corrected chi connectivity index (χ0v) is 10.3. The van der Waals surface area contributed by atoms with E-state index in [9.17, 15) is 0 Å². The van der Waals surface area contributed by atoms with E-state index in [4.69, 9.17) is 4.74 Å². The van der Waals surface area contributed by atoms with Gasteiger partial charge in [-0.15, -0.1) is 0 Å². The van der Waals surface area contributed by atoms with Gasteiger partial charge in [0.15, 0.2) is 0 Å². The van der Waals surface area contributed by atoms with Crippen LogP contribution < -0.4 is 5.32 Å². The average Bonchev–Trinajstić information content (AvgIpc) is 2.84. The van der Waals surface area contributed by atoms with Crippen molar-refractivity contribution in [3.63, 3.8) is 0 Å². The molecule has 0 amide bonds. The first-order chi connectivity index (χ1) is 7.83. The van der Waals surface area contributed by atoms with Crippen LogP contribution in [-0.4, -0.2) is 49.8 Å².